The Hall–Kier alpha value is -2.36. The maximum atomic E-state index is 12.0. The Labute approximate surface area is 123 Å². The number of amides is 1. The first-order valence-corrected chi connectivity index (χ1v) is 6.23. The molecule has 0 spiro atoms. The molecular weight excluding hydrogens is 303 g/mol. The van der Waals surface area contributed by atoms with Crippen LogP contribution in [0, 0.1) is 6.92 Å². The van der Waals surface area contributed by atoms with E-state index in [0.717, 1.165) is 4.68 Å². The third kappa shape index (κ3) is 4.07. The van der Waals surface area contributed by atoms with Crippen molar-refractivity contribution in [3.8, 4) is 0 Å². The second-order valence-corrected chi connectivity index (χ2v) is 4.58. The number of anilines is 1. The average Bonchev–Trinajstić information content (AvgIpc) is 2.97. The molecule has 1 N–H and O–H groups in total. The molecule has 7 nitrogen and oxygen atoms in total. The number of hydrogen-bond donors (Lipinski definition) is 1. The van der Waals surface area contributed by atoms with Gasteiger partial charge in [-0.2, -0.15) is 23.4 Å². The molecule has 2 rings (SSSR count). The molecule has 120 valence electrons. The predicted octanol–water partition coefficient (Wildman–Crippen LogP) is 1.71. The predicted molar refractivity (Wildman–Crippen MR) is 70.1 cm³/mol. The molecule has 0 saturated carbocycles. The van der Waals surface area contributed by atoms with E-state index in [2.05, 4.69) is 20.3 Å². The van der Waals surface area contributed by atoms with Crippen LogP contribution < -0.4 is 5.32 Å². The van der Waals surface area contributed by atoms with Gasteiger partial charge < -0.3 is 10.1 Å². The minimum atomic E-state index is -4.39. The fourth-order valence-electron chi connectivity index (χ4n) is 1.67. The summed E-state index contributed by atoms with van der Waals surface area (Å²) < 4.78 is 43.0. The molecule has 2 aromatic rings. The Balaban J connectivity index is 1.92. The zero-order chi connectivity index (χ0) is 16.3. The largest absolute Gasteiger partial charge is 0.411 e. The summed E-state index contributed by atoms with van der Waals surface area (Å²) in [6.45, 7) is 0.0288. The lowest BCUT2D eigenvalue weighted by Crippen LogP contribution is -2.18. The van der Waals surface area contributed by atoms with Gasteiger partial charge in [0.05, 0.1) is 29.8 Å². The molecule has 22 heavy (non-hydrogen) atoms. The molecule has 0 saturated heterocycles. The molecule has 2 heterocycles. The fraction of sp³-hybridized carbons (Fsp3) is 0.417. The van der Waals surface area contributed by atoms with Crippen LogP contribution in [0.4, 0.5) is 18.9 Å². The van der Waals surface area contributed by atoms with Crippen molar-refractivity contribution in [1.82, 2.24) is 19.6 Å². The number of aromatic nitrogens is 4. The van der Waals surface area contributed by atoms with Crippen molar-refractivity contribution in [2.75, 3.05) is 11.9 Å². The zero-order valence-corrected chi connectivity index (χ0v) is 11.9. The minimum Gasteiger partial charge on any atom is -0.350 e. The van der Waals surface area contributed by atoms with E-state index in [1.807, 2.05) is 0 Å². The van der Waals surface area contributed by atoms with Gasteiger partial charge in [-0.1, -0.05) is 0 Å². The molecule has 0 aliphatic rings. The lowest BCUT2D eigenvalue weighted by Gasteiger charge is -2.07. The second kappa shape index (κ2) is 6.18. The SMILES string of the molecule is Cc1c(C(=O)Nc2cnn(COCC(F)(F)F)c2)cnn1C. The number of nitrogens with one attached hydrogen (secondary N) is 1. The maximum absolute atomic E-state index is 12.0. The molecular formula is C12H14F3N5O2. The average molecular weight is 317 g/mol. The lowest BCUT2D eigenvalue weighted by atomic mass is 10.2. The summed E-state index contributed by atoms with van der Waals surface area (Å²) in [4.78, 5) is 12.0. The first-order valence-electron chi connectivity index (χ1n) is 6.23. The van der Waals surface area contributed by atoms with Crippen molar-refractivity contribution in [2.45, 2.75) is 19.8 Å². The summed E-state index contributed by atoms with van der Waals surface area (Å²) in [7, 11) is 1.71. The van der Waals surface area contributed by atoms with Gasteiger partial charge in [0, 0.05) is 12.7 Å². The number of carbonyl (C=O) groups is 1. The normalized spacial score (nSPS) is 11.7. The lowest BCUT2D eigenvalue weighted by molar-refractivity contribution is -0.182. The molecule has 10 heteroatoms. The topological polar surface area (TPSA) is 74.0 Å². The molecule has 0 radical (unpaired) electrons. The van der Waals surface area contributed by atoms with Crippen LogP contribution in [0.3, 0.4) is 0 Å². The first kappa shape index (κ1) is 16.0. The highest BCUT2D eigenvalue weighted by Gasteiger charge is 2.27. The van der Waals surface area contributed by atoms with Crippen LogP contribution in [0.5, 0.6) is 0 Å². The minimum absolute atomic E-state index is 0.351. The molecule has 1 amide bonds. The van der Waals surface area contributed by atoms with Crippen molar-refractivity contribution < 1.29 is 22.7 Å². The van der Waals surface area contributed by atoms with Gasteiger partial charge in [0.2, 0.25) is 0 Å². The van der Waals surface area contributed by atoms with Crippen LogP contribution >= 0.6 is 0 Å². The Bertz CT molecular complexity index is 662. The summed E-state index contributed by atoms with van der Waals surface area (Å²) in [5.41, 5.74) is 1.45. The number of alkyl halides is 3. The van der Waals surface area contributed by atoms with Crippen molar-refractivity contribution in [3.63, 3.8) is 0 Å². The van der Waals surface area contributed by atoms with Crippen molar-refractivity contribution in [1.29, 1.82) is 0 Å². The van der Waals surface area contributed by atoms with Gasteiger partial charge in [-0.15, -0.1) is 0 Å². The van der Waals surface area contributed by atoms with E-state index >= 15 is 0 Å². The molecule has 0 fully saturated rings. The van der Waals surface area contributed by atoms with Gasteiger partial charge in [-0.05, 0) is 6.92 Å². The number of aryl methyl sites for hydroxylation is 1. The monoisotopic (exact) mass is 317 g/mol. The van der Waals surface area contributed by atoms with E-state index in [-0.39, 0.29) is 12.6 Å². The summed E-state index contributed by atoms with van der Waals surface area (Å²) >= 11 is 0. The van der Waals surface area contributed by atoms with Crippen molar-refractivity contribution in [3.05, 3.63) is 29.8 Å². The number of carbonyl (C=O) groups excluding carboxylic acids is 1. The Kier molecular flexibility index (Phi) is 4.50. The smallest absolute Gasteiger partial charge is 0.350 e. The third-order valence-corrected chi connectivity index (χ3v) is 2.86. The van der Waals surface area contributed by atoms with Gasteiger partial charge >= 0.3 is 6.18 Å². The maximum Gasteiger partial charge on any atom is 0.411 e. The van der Waals surface area contributed by atoms with Gasteiger partial charge in [0.25, 0.3) is 5.91 Å². The van der Waals surface area contributed by atoms with Crippen molar-refractivity contribution >= 4 is 11.6 Å². The number of nitrogens with zero attached hydrogens (tertiary/aromatic N) is 4. The standard InChI is InChI=1S/C12H14F3N5O2/c1-8-10(4-16-19(8)2)11(21)18-9-3-17-20(5-9)7-22-6-12(13,14)15/h3-5H,6-7H2,1-2H3,(H,18,21). The quantitative estimate of drug-likeness (QED) is 0.911. The Morgan fingerprint density at radius 2 is 2.09 bits per heavy atom. The van der Waals surface area contributed by atoms with Gasteiger partial charge in [0.15, 0.2) is 0 Å². The van der Waals surface area contributed by atoms with E-state index in [1.165, 1.54) is 18.6 Å². The third-order valence-electron chi connectivity index (χ3n) is 2.86. The second-order valence-electron chi connectivity index (χ2n) is 4.58. The highest BCUT2D eigenvalue weighted by atomic mass is 19.4. The molecule has 0 aliphatic heterocycles. The summed E-state index contributed by atoms with van der Waals surface area (Å²) in [6, 6.07) is 0. The Morgan fingerprint density at radius 3 is 2.68 bits per heavy atom. The van der Waals surface area contributed by atoms with Crippen LogP contribution in [0.2, 0.25) is 0 Å². The Morgan fingerprint density at radius 1 is 1.36 bits per heavy atom. The van der Waals surface area contributed by atoms with Crippen LogP contribution in [0.1, 0.15) is 16.1 Å². The van der Waals surface area contributed by atoms with Crippen LogP contribution in [0.15, 0.2) is 18.6 Å². The van der Waals surface area contributed by atoms with Gasteiger partial charge in [0.1, 0.15) is 13.3 Å². The van der Waals surface area contributed by atoms with E-state index < -0.39 is 12.8 Å². The number of halogens is 3. The zero-order valence-electron chi connectivity index (χ0n) is 11.9. The van der Waals surface area contributed by atoms with Gasteiger partial charge in [-0.25, -0.2) is 4.68 Å². The molecule has 0 aliphatic carbocycles. The summed E-state index contributed by atoms with van der Waals surface area (Å²) in [6.07, 6.45) is -0.260. The van der Waals surface area contributed by atoms with Crippen LogP contribution in [-0.2, 0) is 18.5 Å². The number of ether oxygens (including phenoxy) is 1. The van der Waals surface area contributed by atoms with E-state index in [4.69, 9.17) is 0 Å². The summed E-state index contributed by atoms with van der Waals surface area (Å²) in [5.74, 6) is -0.374. The number of rotatable bonds is 5. The molecule has 2 aromatic heterocycles. The van der Waals surface area contributed by atoms with Crippen LogP contribution in [-0.4, -0.2) is 38.3 Å². The van der Waals surface area contributed by atoms with Crippen molar-refractivity contribution in [2.24, 2.45) is 7.05 Å². The highest BCUT2D eigenvalue weighted by molar-refractivity contribution is 6.04. The molecule has 0 bridgehead atoms. The fourth-order valence-corrected chi connectivity index (χ4v) is 1.67. The molecule has 0 aromatic carbocycles. The summed E-state index contributed by atoms with van der Waals surface area (Å²) in [5, 5.41) is 10.3. The first-order chi connectivity index (χ1) is 10.3. The van der Waals surface area contributed by atoms with Crippen LogP contribution in [0.25, 0.3) is 0 Å². The molecule has 0 unspecified atom stereocenters. The molecule has 0 atom stereocenters. The van der Waals surface area contributed by atoms with E-state index in [9.17, 15) is 18.0 Å². The highest BCUT2D eigenvalue weighted by Crippen LogP contribution is 2.15. The van der Waals surface area contributed by atoms with E-state index in [0.29, 0.717) is 16.9 Å². The number of hydrogen-bond acceptors (Lipinski definition) is 4. The van der Waals surface area contributed by atoms with Gasteiger partial charge in [-0.3, -0.25) is 9.48 Å². The van der Waals surface area contributed by atoms with E-state index in [1.54, 1.807) is 18.7 Å².